The molecule has 2 aromatic rings. The zero-order chi connectivity index (χ0) is 15.6. The fourth-order valence-electron chi connectivity index (χ4n) is 1.83. The third kappa shape index (κ3) is 4.30. The standard InChI is InChI=1S/C13H19ClN6O/c1-8-5-10(15-4)18-12(16-8)17-9-6-20(19-11(9)14)7-13(2,3)21/h5-6,21H,7H2,1-4H3,(H2,15,16,17,18). The first-order valence-corrected chi connectivity index (χ1v) is 6.90. The van der Waals surface area contributed by atoms with Crippen molar-refractivity contribution in [2.45, 2.75) is 32.9 Å². The highest BCUT2D eigenvalue weighted by atomic mass is 35.5. The van der Waals surface area contributed by atoms with E-state index in [1.54, 1.807) is 31.8 Å². The minimum Gasteiger partial charge on any atom is -0.389 e. The van der Waals surface area contributed by atoms with Crippen molar-refractivity contribution < 1.29 is 5.11 Å². The molecule has 0 bridgehead atoms. The van der Waals surface area contributed by atoms with Gasteiger partial charge in [-0.1, -0.05) is 11.6 Å². The maximum atomic E-state index is 9.81. The van der Waals surface area contributed by atoms with Crippen LogP contribution in [0.5, 0.6) is 0 Å². The summed E-state index contributed by atoms with van der Waals surface area (Å²) in [7, 11) is 1.79. The summed E-state index contributed by atoms with van der Waals surface area (Å²) in [6.45, 7) is 5.63. The van der Waals surface area contributed by atoms with Gasteiger partial charge in [-0.05, 0) is 20.8 Å². The molecule has 3 N–H and O–H groups in total. The Balaban J connectivity index is 2.22. The van der Waals surface area contributed by atoms with Crippen LogP contribution >= 0.6 is 11.6 Å². The van der Waals surface area contributed by atoms with E-state index in [2.05, 4.69) is 25.7 Å². The Morgan fingerprint density at radius 2 is 2.10 bits per heavy atom. The van der Waals surface area contributed by atoms with Crippen molar-refractivity contribution in [3.8, 4) is 0 Å². The normalized spacial score (nSPS) is 11.5. The van der Waals surface area contributed by atoms with Gasteiger partial charge >= 0.3 is 0 Å². The molecule has 2 rings (SSSR count). The number of hydrogen-bond donors (Lipinski definition) is 3. The molecule has 7 nitrogen and oxygen atoms in total. The number of halogens is 1. The van der Waals surface area contributed by atoms with E-state index in [0.29, 0.717) is 29.2 Å². The van der Waals surface area contributed by atoms with Gasteiger partial charge in [-0.15, -0.1) is 0 Å². The second-order valence-electron chi connectivity index (χ2n) is 5.44. The Bertz CT molecular complexity index is 634. The van der Waals surface area contributed by atoms with E-state index in [-0.39, 0.29) is 0 Å². The molecule has 2 heterocycles. The minimum atomic E-state index is -0.869. The molecule has 114 valence electrons. The summed E-state index contributed by atoms with van der Waals surface area (Å²) in [6, 6.07) is 1.84. The Kier molecular flexibility index (Phi) is 4.34. The van der Waals surface area contributed by atoms with Crippen LogP contribution in [-0.2, 0) is 6.54 Å². The van der Waals surface area contributed by atoms with Gasteiger partial charge in [0.15, 0.2) is 5.15 Å². The maximum Gasteiger partial charge on any atom is 0.229 e. The molecular weight excluding hydrogens is 292 g/mol. The van der Waals surface area contributed by atoms with Crippen LogP contribution in [0.3, 0.4) is 0 Å². The predicted octanol–water partition coefficient (Wildman–Crippen LogP) is 2.19. The van der Waals surface area contributed by atoms with Gasteiger partial charge in [-0.3, -0.25) is 4.68 Å². The van der Waals surface area contributed by atoms with Crippen molar-refractivity contribution in [3.63, 3.8) is 0 Å². The lowest BCUT2D eigenvalue weighted by Gasteiger charge is -2.16. The molecule has 0 fully saturated rings. The summed E-state index contributed by atoms with van der Waals surface area (Å²) in [5, 5.41) is 20.3. The first-order valence-electron chi connectivity index (χ1n) is 6.52. The number of nitrogens with zero attached hydrogens (tertiary/aromatic N) is 4. The Hall–Kier alpha value is -1.86. The monoisotopic (exact) mass is 310 g/mol. The van der Waals surface area contributed by atoms with Crippen LogP contribution in [0.15, 0.2) is 12.3 Å². The highest BCUT2D eigenvalue weighted by Gasteiger charge is 2.16. The number of aliphatic hydroxyl groups is 1. The van der Waals surface area contributed by atoms with Gasteiger partial charge in [0.25, 0.3) is 0 Å². The van der Waals surface area contributed by atoms with Crippen LogP contribution in [0.1, 0.15) is 19.5 Å². The molecule has 0 aliphatic heterocycles. The van der Waals surface area contributed by atoms with E-state index in [1.807, 2.05) is 13.0 Å². The lowest BCUT2D eigenvalue weighted by atomic mass is 10.1. The SMILES string of the molecule is CNc1cc(C)nc(Nc2cn(CC(C)(C)O)nc2Cl)n1. The van der Waals surface area contributed by atoms with E-state index in [4.69, 9.17) is 11.6 Å². The molecule has 0 unspecified atom stereocenters. The summed E-state index contributed by atoms with van der Waals surface area (Å²) < 4.78 is 1.58. The number of hydrogen-bond acceptors (Lipinski definition) is 6. The molecule has 0 saturated heterocycles. The molecule has 21 heavy (non-hydrogen) atoms. The van der Waals surface area contributed by atoms with Crippen LogP contribution in [0.2, 0.25) is 5.15 Å². The second-order valence-corrected chi connectivity index (χ2v) is 5.79. The van der Waals surface area contributed by atoms with E-state index >= 15 is 0 Å². The van der Waals surface area contributed by atoms with E-state index in [0.717, 1.165) is 5.69 Å². The lowest BCUT2D eigenvalue weighted by Crippen LogP contribution is -2.26. The highest BCUT2D eigenvalue weighted by molar-refractivity contribution is 6.32. The summed E-state index contributed by atoms with van der Waals surface area (Å²) in [6.07, 6.45) is 1.71. The zero-order valence-electron chi connectivity index (χ0n) is 12.5. The number of aryl methyl sites for hydroxylation is 1. The van der Waals surface area contributed by atoms with Gasteiger partial charge in [0.2, 0.25) is 5.95 Å². The van der Waals surface area contributed by atoms with Crippen molar-refractivity contribution in [1.82, 2.24) is 19.7 Å². The number of anilines is 3. The molecule has 0 aromatic carbocycles. The number of nitrogens with one attached hydrogen (secondary N) is 2. The summed E-state index contributed by atoms with van der Waals surface area (Å²) >= 11 is 6.09. The van der Waals surface area contributed by atoms with Gasteiger partial charge in [-0.2, -0.15) is 10.1 Å². The molecule has 0 spiro atoms. The molecule has 0 radical (unpaired) electrons. The van der Waals surface area contributed by atoms with Crippen LogP contribution in [0.4, 0.5) is 17.5 Å². The first-order chi connectivity index (χ1) is 9.76. The highest BCUT2D eigenvalue weighted by Crippen LogP contribution is 2.24. The fourth-order valence-corrected chi connectivity index (χ4v) is 2.03. The lowest BCUT2D eigenvalue weighted by molar-refractivity contribution is 0.0578. The fraction of sp³-hybridized carbons (Fsp3) is 0.462. The van der Waals surface area contributed by atoms with E-state index in [1.165, 1.54) is 0 Å². The average Bonchev–Trinajstić information content (AvgIpc) is 2.66. The molecule has 2 aromatic heterocycles. The molecule has 0 atom stereocenters. The third-order valence-electron chi connectivity index (χ3n) is 2.62. The quantitative estimate of drug-likeness (QED) is 0.784. The maximum absolute atomic E-state index is 9.81. The van der Waals surface area contributed by atoms with Crippen LogP contribution in [0.25, 0.3) is 0 Å². The average molecular weight is 311 g/mol. The largest absolute Gasteiger partial charge is 0.389 e. The number of rotatable bonds is 5. The van der Waals surface area contributed by atoms with Gasteiger partial charge in [0.05, 0.1) is 24.0 Å². The van der Waals surface area contributed by atoms with Gasteiger partial charge in [0.1, 0.15) is 5.82 Å². The van der Waals surface area contributed by atoms with Crippen molar-refractivity contribution in [1.29, 1.82) is 0 Å². The summed E-state index contributed by atoms with van der Waals surface area (Å²) in [5.74, 6) is 1.15. The zero-order valence-corrected chi connectivity index (χ0v) is 13.2. The summed E-state index contributed by atoms with van der Waals surface area (Å²) in [5.41, 5.74) is 0.552. The predicted molar refractivity (Wildman–Crippen MR) is 83.1 cm³/mol. The Labute approximate surface area is 128 Å². The molecular formula is C13H19ClN6O. The van der Waals surface area contributed by atoms with Crippen LogP contribution in [-0.4, -0.2) is 37.5 Å². The second kappa shape index (κ2) is 5.87. The van der Waals surface area contributed by atoms with Crippen LogP contribution in [0, 0.1) is 6.92 Å². The van der Waals surface area contributed by atoms with E-state index < -0.39 is 5.60 Å². The molecule has 0 saturated carbocycles. The molecule has 0 aliphatic carbocycles. The van der Waals surface area contributed by atoms with Crippen molar-refractivity contribution >= 4 is 29.1 Å². The molecule has 0 amide bonds. The van der Waals surface area contributed by atoms with Gasteiger partial charge < -0.3 is 15.7 Å². The van der Waals surface area contributed by atoms with Gasteiger partial charge in [0, 0.05) is 18.8 Å². The number of aromatic nitrogens is 4. The topological polar surface area (TPSA) is 87.9 Å². The Morgan fingerprint density at radius 1 is 1.38 bits per heavy atom. The van der Waals surface area contributed by atoms with Crippen molar-refractivity contribution in [2.75, 3.05) is 17.7 Å². The first kappa shape index (κ1) is 15.5. The smallest absolute Gasteiger partial charge is 0.229 e. The van der Waals surface area contributed by atoms with Crippen LogP contribution < -0.4 is 10.6 Å². The third-order valence-corrected chi connectivity index (χ3v) is 2.90. The molecule has 8 heteroatoms. The molecule has 0 aliphatic rings. The minimum absolute atomic E-state index is 0.301. The van der Waals surface area contributed by atoms with E-state index in [9.17, 15) is 5.11 Å². The van der Waals surface area contributed by atoms with Crippen molar-refractivity contribution in [3.05, 3.63) is 23.1 Å². The van der Waals surface area contributed by atoms with Gasteiger partial charge in [-0.25, -0.2) is 4.98 Å². The summed E-state index contributed by atoms with van der Waals surface area (Å²) in [4.78, 5) is 8.59. The Morgan fingerprint density at radius 3 is 2.71 bits per heavy atom. The van der Waals surface area contributed by atoms with Crippen molar-refractivity contribution in [2.24, 2.45) is 0 Å².